The lowest BCUT2D eigenvalue weighted by Crippen LogP contribution is -2.47. The minimum atomic E-state index is -3.85. The number of nitrogens with one attached hydrogen (secondary N) is 1. The molecular formula is C19H22N6O4S. The highest BCUT2D eigenvalue weighted by Crippen LogP contribution is 2.31. The highest BCUT2D eigenvalue weighted by molar-refractivity contribution is 7.91. The maximum Gasteiger partial charge on any atom is 0.344 e. The van der Waals surface area contributed by atoms with Gasteiger partial charge in [0.05, 0.1) is 23.7 Å². The van der Waals surface area contributed by atoms with Gasteiger partial charge in [-0.15, -0.1) is 4.40 Å². The van der Waals surface area contributed by atoms with Crippen LogP contribution in [0.2, 0.25) is 0 Å². The number of anilines is 1. The largest absolute Gasteiger partial charge is 0.491 e. The van der Waals surface area contributed by atoms with Gasteiger partial charge in [-0.05, 0) is 37.5 Å². The number of hydrogen-bond donors (Lipinski definition) is 2. The Kier molecular flexibility index (Phi) is 5.53. The van der Waals surface area contributed by atoms with Crippen LogP contribution in [0.5, 0.6) is 5.75 Å². The van der Waals surface area contributed by atoms with Crippen LogP contribution in [0.25, 0.3) is 0 Å². The summed E-state index contributed by atoms with van der Waals surface area (Å²) in [7, 11) is -3.85. The van der Waals surface area contributed by atoms with E-state index in [1.165, 1.54) is 0 Å². The van der Waals surface area contributed by atoms with Crippen molar-refractivity contribution in [3.8, 4) is 5.75 Å². The second kappa shape index (κ2) is 8.27. The van der Waals surface area contributed by atoms with Gasteiger partial charge in [0, 0.05) is 18.9 Å². The molecule has 2 aliphatic rings. The lowest BCUT2D eigenvalue weighted by molar-refractivity contribution is -0.135. The van der Waals surface area contributed by atoms with Gasteiger partial charge in [-0.3, -0.25) is 9.52 Å². The average molecular weight is 430 g/mol. The molecule has 1 amide bonds. The Morgan fingerprint density at radius 2 is 2.03 bits per heavy atom. The van der Waals surface area contributed by atoms with Gasteiger partial charge in [-0.2, -0.15) is 8.42 Å². The van der Waals surface area contributed by atoms with Crippen molar-refractivity contribution >= 4 is 27.6 Å². The molecule has 1 atom stereocenters. The van der Waals surface area contributed by atoms with E-state index in [-0.39, 0.29) is 30.8 Å². The zero-order valence-electron chi connectivity index (χ0n) is 16.2. The molecule has 3 N–H and O–H groups in total. The fourth-order valence-corrected chi connectivity index (χ4v) is 4.53. The number of ether oxygens (including phenoxy) is 1. The molecule has 4 rings (SSSR count). The van der Waals surface area contributed by atoms with Crippen LogP contribution in [0.1, 0.15) is 30.7 Å². The van der Waals surface area contributed by atoms with Crippen molar-refractivity contribution in [3.05, 3.63) is 48.0 Å². The molecule has 0 spiro atoms. The van der Waals surface area contributed by atoms with Crippen molar-refractivity contribution in [2.45, 2.75) is 31.7 Å². The third-order valence-corrected chi connectivity index (χ3v) is 5.96. The van der Waals surface area contributed by atoms with Crippen LogP contribution in [0.3, 0.4) is 0 Å². The van der Waals surface area contributed by atoms with E-state index in [9.17, 15) is 13.2 Å². The maximum atomic E-state index is 12.8. The number of hydrogen-bond acceptors (Lipinski definition) is 7. The number of piperidine rings is 1. The van der Waals surface area contributed by atoms with Crippen molar-refractivity contribution in [1.82, 2.24) is 14.9 Å². The van der Waals surface area contributed by atoms with E-state index in [4.69, 9.17) is 10.5 Å². The number of nitrogens with two attached hydrogens (primary N) is 1. The summed E-state index contributed by atoms with van der Waals surface area (Å²) < 4.78 is 35.3. The number of carbonyl (C=O) groups is 1. The van der Waals surface area contributed by atoms with Crippen LogP contribution in [-0.2, 0) is 21.4 Å². The molecule has 0 aliphatic carbocycles. The quantitative estimate of drug-likeness (QED) is 0.717. The Morgan fingerprint density at radius 1 is 1.23 bits per heavy atom. The van der Waals surface area contributed by atoms with Crippen LogP contribution in [0, 0.1) is 0 Å². The predicted molar refractivity (Wildman–Crippen MR) is 110 cm³/mol. The lowest BCUT2D eigenvalue weighted by Gasteiger charge is -2.35. The number of likely N-dealkylation sites (tertiary alicyclic amines) is 1. The summed E-state index contributed by atoms with van der Waals surface area (Å²) in [6, 6.07) is 6.57. The highest BCUT2D eigenvalue weighted by atomic mass is 32.2. The summed E-state index contributed by atoms with van der Waals surface area (Å²) in [5.74, 6) is 0.734. The molecule has 3 heterocycles. The Balaban J connectivity index is 1.48. The smallest absolute Gasteiger partial charge is 0.344 e. The number of fused-ring (bicyclic) bond motifs is 1. The van der Waals surface area contributed by atoms with Gasteiger partial charge in [-0.25, -0.2) is 9.97 Å². The van der Waals surface area contributed by atoms with Gasteiger partial charge in [-0.1, -0.05) is 6.07 Å². The van der Waals surface area contributed by atoms with E-state index in [2.05, 4.69) is 19.1 Å². The van der Waals surface area contributed by atoms with Gasteiger partial charge in [0.15, 0.2) is 5.84 Å². The lowest BCUT2D eigenvalue weighted by atomic mass is 10.0. The van der Waals surface area contributed by atoms with Crippen molar-refractivity contribution in [2.75, 3.05) is 17.9 Å². The molecule has 0 saturated carbocycles. The summed E-state index contributed by atoms with van der Waals surface area (Å²) in [6.45, 7) is 0.911. The highest BCUT2D eigenvalue weighted by Gasteiger charge is 2.29. The molecule has 1 fully saturated rings. The SMILES string of the molecule is NC1=NS(=O)(=O)Nc2cccc(OC[C@H]3CCCCN3C(=O)Cc3ncccn3)c21. The average Bonchev–Trinajstić information content (AvgIpc) is 2.72. The Hall–Kier alpha value is -3.21. The first-order valence-electron chi connectivity index (χ1n) is 9.63. The number of aromatic nitrogens is 2. The topological polar surface area (TPSA) is 140 Å². The molecule has 0 unspecified atom stereocenters. The fourth-order valence-electron chi connectivity index (χ4n) is 3.68. The number of nitrogens with zero attached hydrogens (tertiary/aromatic N) is 4. The van der Waals surface area contributed by atoms with Crippen LogP contribution in [0.15, 0.2) is 41.1 Å². The molecule has 0 radical (unpaired) electrons. The molecule has 1 aromatic heterocycles. The molecule has 30 heavy (non-hydrogen) atoms. The molecule has 2 aromatic rings. The van der Waals surface area contributed by atoms with E-state index >= 15 is 0 Å². The number of amidine groups is 1. The first-order chi connectivity index (χ1) is 14.4. The Morgan fingerprint density at radius 3 is 2.83 bits per heavy atom. The molecule has 158 valence electrons. The van der Waals surface area contributed by atoms with Gasteiger partial charge < -0.3 is 15.4 Å². The molecule has 10 nitrogen and oxygen atoms in total. The maximum absolute atomic E-state index is 12.8. The number of rotatable bonds is 5. The molecule has 1 aromatic carbocycles. The first kappa shape index (κ1) is 20.1. The van der Waals surface area contributed by atoms with Crippen LogP contribution >= 0.6 is 0 Å². The summed E-state index contributed by atoms with van der Waals surface area (Å²) in [5, 5.41) is 0. The first-order valence-corrected chi connectivity index (χ1v) is 11.1. The monoisotopic (exact) mass is 430 g/mol. The molecule has 0 bridgehead atoms. The van der Waals surface area contributed by atoms with E-state index in [1.54, 1.807) is 36.7 Å². The van der Waals surface area contributed by atoms with Crippen LogP contribution < -0.4 is 15.2 Å². The fraction of sp³-hybridized carbons (Fsp3) is 0.368. The van der Waals surface area contributed by atoms with Gasteiger partial charge in [0.25, 0.3) is 0 Å². The second-order valence-corrected chi connectivity index (χ2v) is 8.46. The number of amides is 1. The predicted octanol–water partition coefficient (Wildman–Crippen LogP) is 0.855. The van der Waals surface area contributed by atoms with E-state index < -0.39 is 10.2 Å². The van der Waals surface area contributed by atoms with E-state index in [1.807, 2.05) is 4.90 Å². The van der Waals surface area contributed by atoms with E-state index in [0.717, 1.165) is 19.3 Å². The molecule has 11 heteroatoms. The van der Waals surface area contributed by atoms with Crippen molar-refractivity contribution in [1.29, 1.82) is 0 Å². The standard InChI is InChI=1S/C19H22N6O4S/c20-19-18-14(23-30(27,28)24-19)6-3-7-15(18)29-12-13-5-1-2-10-25(13)17(26)11-16-21-8-4-9-22-16/h3-4,6-9,13,23H,1-2,5,10-12H2,(H2,20,24)/t13-/m1/s1. The van der Waals surface area contributed by atoms with Gasteiger partial charge in [0.1, 0.15) is 18.2 Å². The summed E-state index contributed by atoms with van der Waals surface area (Å²) >= 11 is 0. The Labute approximate surface area is 174 Å². The normalized spacial score (nSPS) is 19.9. The molecular weight excluding hydrogens is 408 g/mol. The van der Waals surface area contributed by atoms with E-state index in [0.29, 0.717) is 29.4 Å². The van der Waals surface area contributed by atoms with Crippen molar-refractivity contribution < 1.29 is 17.9 Å². The number of carbonyl (C=O) groups excluding carboxylic acids is 1. The minimum absolute atomic E-state index is 0.0431. The third-order valence-electron chi connectivity index (χ3n) is 5.05. The summed E-state index contributed by atoms with van der Waals surface area (Å²) in [4.78, 5) is 22.9. The van der Waals surface area contributed by atoms with Crippen LogP contribution in [-0.4, -0.2) is 54.2 Å². The van der Waals surface area contributed by atoms with Crippen LogP contribution in [0.4, 0.5) is 5.69 Å². The van der Waals surface area contributed by atoms with Crippen molar-refractivity contribution in [2.24, 2.45) is 10.1 Å². The minimum Gasteiger partial charge on any atom is -0.491 e. The summed E-state index contributed by atoms with van der Waals surface area (Å²) in [5.41, 5.74) is 6.58. The third kappa shape index (κ3) is 4.35. The zero-order valence-corrected chi connectivity index (χ0v) is 17.0. The number of benzene rings is 1. The Bertz CT molecular complexity index is 1070. The second-order valence-electron chi connectivity index (χ2n) is 7.12. The summed E-state index contributed by atoms with van der Waals surface area (Å²) in [6.07, 6.45) is 6.11. The van der Waals surface area contributed by atoms with Gasteiger partial charge in [0.2, 0.25) is 5.91 Å². The van der Waals surface area contributed by atoms with Crippen molar-refractivity contribution in [3.63, 3.8) is 0 Å². The molecule has 1 saturated heterocycles. The zero-order chi connectivity index (χ0) is 21.1. The van der Waals surface area contributed by atoms with Gasteiger partial charge >= 0.3 is 10.2 Å². The molecule has 2 aliphatic heterocycles.